The van der Waals surface area contributed by atoms with Crippen LogP contribution in [0.1, 0.15) is 11.1 Å². The standard InChI is InChI=1S/C16H21NO3/c1-17(9-15-7-8-19-12-15)10-16(18)13-20-11-14-5-3-2-4-6-14/h2-8,12,16,18H,9-11,13H2,1H3. The average Bonchev–Trinajstić information content (AvgIpc) is 2.92. The van der Waals surface area contributed by atoms with E-state index in [2.05, 4.69) is 0 Å². The number of nitrogens with zero attached hydrogens (tertiary/aromatic N) is 1. The van der Waals surface area contributed by atoms with Crippen molar-refractivity contribution in [1.29, 1.82) is 0 Å². The minimum absolute atomic E-state index is 0.338. The first-order chi connectivity index (χ1) is 9.74. The van der Waals surface area contributed by atoms with Crippen LogP contribution in [-0.2, 0) is 17.9 Å². The second-order valence-electron chi connectivity index (χ2n) is 4.98. The van der Waals surface area contributed by atoms with Gasteiger partial charge in [-0.1, -0.05) is 30.3 Å². The van der Waals surface area contributed by atoms with Crippen molar-refractivity contribution in [3.8, 4) is 0 Å². The van der Waals surface area contributed by atoms with Crippen LogP contribution in [0.5, 0.6) is 0 Å². The van der Waals surface area contributed by atoms with Crippen LogP contribution >= 0.6 is 0 Å². The molecule has 0 fully saturated rings. The summed E-state index contributed by atoms with van der Waals surface area (Å²) in [4.78, 5) is 2.04. The topological polar surface area (TPSA) is 45.8 Å². The number of likely N-dealkylation sites (N-methyl/N-ethyl adjacent to an activating group) is 1. The number of hydrogen-bond donors (Lipinski definition) is 1. The van der Waals surface area contributed by atoms with Crippen LogP contribution in [0, 0.1) is 0 Å². The number of ether oxygens (including phenoxy) is 1. The van der Waals surface area contributed by atoms with Gasteiger partial charge in [0, 0.05) is 18.7 Å². The molecule has 20 heavy (non-hydrogen) atoms. The predicted molar refractivity (Wildman–Crippen MR) is 77.1 cm³/mol. The lowest BCUT2D eigenvalue weighted by molar-refractivity contribution is 0.0127. The first-order valence-corrected chi connectivity index (χ1v) is 6.73. The molecule has 2 rings (SSSR count). The Morgan fingerprint density at radius 1 is 1.20 bits per heavy atom. The van der Waals surface area contributed by atoms with Gasteiger partial charge in [-0.2, -0.15) is 0 Å². The average molecular weight is 275 g/mol. The molecule has 0 saturated carbocycles. The monoisotopic (exact) mass is 275 g/mol. The maximum atomic E-state index is 9.94. The third kappa shape index (κ3) is 5.17. The van der Waals surface area contributed by atoms with Crippen LogP contribution < -0.4 is 0 Å². The van der Waals surface area contributed by atoms with Gasteiger partial charge in [0.05, 0.1) is 31.8 Å². The van der Waals surface area contributed by atoms with E-state index in [-0.39, 0.29) is 0 Å². The van der Waals surface area contributed by atoms with Crippen molar-refractivity contribution in [2.75, 3.05) is 20.2 Å². The molecule has 0 amide bonds. The van der Waals surface area contributed by atoms with Crippen molar-refractivity contribution < 1.29 is 14.3 Å². The highest BCUT2D eigenvalue weighted by atomic mass is 16.5. The normalized spacial score (nSPS) is 12.8. The van der Waals surface area contributed by atoms with Crippen molar-refractivity contribution in [2.24, 2.45) is 0 Å². The number of aliphatic hydroxyl groups excluding tert-OH is 1. The molecule has 1 unspecified atom stereocenters. The molecule has 1 heterocycles. The van der Waals surface area contributed by atoms with E-state index in [4.69, 9.17) is 9.15 Å². The fraction of sp³-hybridized carbons (Fsp3) is 0.375. The van der Waals surface area contributed by atoms with Gasteiger partial charge in [-0.3, -0.25) is 4.90 Å². The van der Waals surface area contributed by atoms with Crippen molar-refractivity contribution in [1.82, 2.24) is 4.90 Å². The Hall–Kier alpha value is -1.62. The van der Waals surface area contributed by atoms with Gasteiger partial charge in [-0.05, 0) is 18.7 Å². The molecule has 0 saturated heterocycles. The zero-order valence-electron chi connectivity index (χ0n) is 11.7. The number of hydrogen-bond acceptors (Lipinski definition) is 4. The van der Waals surface area contributed by atoms with E-state index in [1.165, 1.54) is 0 Å². The molecule has 0 bridgehead atoms. The molecular weight excluding hydrogens is 254 g/mol. The van der Waals surface area contributed by atoms with Crippen LogP contribution in [-0.4, -0.2) is 36.3 Å². The summed E-state index contributed by atoms with van der Waals surface area (Å²) < 4.78 is 10.5. The highest BCUT2D eigenvalue weighted by Crippen LogP contribution is 2.05. The third-order valence-corrected chi connectivity index (χ3v) is 2.98. The number of rotatable bonds is 8. The van der Waals surface area contributed by atoms with Crippen molar-refractivity contribution >= 4 is 0 Å². The Balaban J connectivity index is 1.63. The van der Waals surface area contributed by atoms with E-state index in [9.17, 15) is 5.11 Å². The summed E-state index contributed by atoms with van der Waals surface area (Å²) in [5.41, 5.74) is 2.22. The van der Waals surface area contributed by atoms with Gasteiger partial charge in [0.1, 0.15) is 0 Å². The van der Waals surface area contributed by atoms with E-state index in [0.717, 1.165) is 17.7 Å². The van der Waals surface area contributed by atoms with Crippen LogP contribution in [0.15, 0.2) is 53.3 Å². The maximum absolute atomic E-state index is 9.94. The SMILES string of the molecule is CN(Cc1ccoc1)CC(O)COCc1ccccc1. The molecule has 4 heteroatoms. The van der Waals surface area contributed by atoms with Crippen molar-refractivity contribution in [3.05, 3.63) is 60.1 Å². The molecule has 0 aliphatic rings. The fourth-order valence-electron chi connectivity index (χ4n) is 2.06. The summed E-state index contributed by atoms with van der Waals surface area (Å²) in [5.74, 6) is 0. The van der Waals surface area contributed by atoms with Crippen LogP contribution in [0.25, 0.3) is 0 Å². The summed E-state index contributed by atoms with van der Waals surface area (Å²) >= 11 is 0. The molecule has 108 valence electrons. The zero-order valence-corrected chi connectivity index (χ0v) is 11.7. The van der Waals surface area contributed by atoms with E-state index >= 15 is 0 Å². The molecule has 0 aliphatic heterocycles. The fourth-order valence-corrected chi connectivity index (χ4v) is 2.06. The van der Waals surface area contributed by atoms with Crippen molar-refractivity contribution in [3.63, 3.8) is 0 Å². The first-order valence-electron chi connectivity index (χ1n) is 6.73. The van der Waals surface area contributed by atoms with Gasteiger partial charge >= 0.3 is 0 Å². The van der Waals surface area contributed by atoms with Gasteiger partial charge in [0.25, 0.3) is 0 Å². The van der Waals surface area contributed by atoms with Crippen LogP contribution in [0.3, 0.4) is 0 Å². The zero-order chi connectivity index (χ0) is 14.2. The Morgan fingerprint density at radius 2 is 2.00 bits per heavy atom. The van der Waals surface area contributed by atoms with E-state index in [1.807, 2.05) is 48.3 Å². The number of aliphatic hydroxyl groups is 1. The lowest BCUT2D eigenvalue weighted by Crippen LogP contribution is -2.31. The van der Waals surface area contributed by atoms with Gasteiger partial charge in [-0.25, -0.2) is 0 Å². The Bertz CT molecular complexity index is 470. The molecular formula is C16H21NO3. The highest BCUT2D eigenvalue weighted by Gasteiger charge is 2.09. The molecule has 0 spiro atoms. The first kappa shape index (κ1) is 14.8. The number of benzene rings is 1. The van der Waals surface area contributed by atoms with E-state index < -0.39 is 6.10 Å². The molecule has 4 nitrogen and oxygen atoms in total. The Labute approximate surface area is 119 Å². The van der Waals surface area contributed by atoms with Gasteiger partial charge in [0.15, 0.2) is 0 Å². The van der Waals surface area contributed by atoms with Crippen molar-refractivity contribution in [2.45, 2.75) is 19.3 Å². The lowest BCUT2D eigenvalue weighted by Gasteiger charge is -2.19. The van der Waals surface area contributed by atoms with E-state index in [0.29, 0.717) is 19.8 Å². The van der Waals surface area contributed by atoms with Gasteiger partial charge in [0.2, 0.25) is 0 Å². The summed E-state index contributed by atoms with van der Waals surface area (Å²) in [6.45, 7) is 2.19. The molecule has 0 radical (unpaired) electrons. The van der Waals surface area contributed by atoms with E-state index in [1.54, 1.807) is 12.5 Å². The summed E-state index contributed by atoms with van der Waals surface area (Å²) in [6, 6.07) is 11.9. The smallest absolute Gasteiger partial charge is 0.0947 e. The molecule has 2 aromatic rings. The summed E-state index contributed by atoms with van der Waals surface area (Å²) in [5, 5.41) is 9.94. The third-order valence-electron chi connectivity index (χ3n) is 2.98. The predicted octanol–water partition coefficient (Wildman–Crippen LogP) is 2.29. The van der Waals surface area contributed by atoms with Crippen LogP contribution in [0.2, 0.25) is 0 Å². The van der Waals surface area contributed by atoms with Crippen LogP contribution in [0.4, 0.5) is 0 Å². The molecule has 1 N–H and O–H groups in total. The quantitative estimate of drug-likeness (QED) is 0.803. The van der Waals surface area contributed by atoms with Gasteiger partial charge in [-0.15, -0.1) is 0 Å². The number of furan rings is 1. The maximum Gasteiger partial charge on any atom is 0.0947 e. The molecule has 0 aliphatic carbocycles. The summed E-state index contributed by atoms with van der Waals surface area (Å²) in [6.07, 6.45) is 2.88. The summed E-state index contributed by atoms with van der Waals surface area (Å²) in [7, 11) is 1.97. The largest absolute Gasteiger partial charge is 0.472 e. The Morgan fingerprint density at radius 3 is 2.70 bits per heavy atom. The minimum atomic E-state index is -0.490. The lowest BCUT2D eigenvalue weighted by atomic mass is 10.2. The molecule has 1 atom stereocenters. The second-order valence-corrected chi connectivity index (χ2v) is 4.98. The van der Waals surface area contributed by atoms with Gasteiger partial charge < -0.3 is 14.3 Å². The minimum Gasteiger partial charge on any atom is -0.472 e. The highest BCUT2D eigenvalue weighted by molar-refractivity contribution is 5.13. The molecule has 1 aromatic heterocycles. The Kier molecular flexibility index (Phi) is 5.80. The molecule has 1 aromatic carbocycles. The second kappa shape index (κ2) is 7.85.